The molecule has 0 aliphatic carbocycles. The molecule has 0 radical (unpaired) electrons. The zero-order chi connectivity index (χ0) is 23.8. The van der Waals surface area contributed by atoms with Crippen LogP contribution in [0.4, 0.5) is 5.82 Å². The van der Waals surface area contributed by atoms with Gasteiger partial charge in [0, 0.05) is 24.6 Å². The summed E-state index contributed by atoms with van der Waals surface area (Å²) < 4.78 is 11.1. The number of ether oxygens (including phenoxy) is 2. The molecule has 1 aliphatic rings. The van der Waals surface area contributed by atoms with Crippen molar-refractivity contribution in [1.29, 1.82) is 0 Å². The van der Waals surface area contributed by atoms with Crippen LogP contribution >= 0.6 is 0 Å². The molecule has 7 heteroatoms. The minimum Gasteiger partial charge on any atom is -0.494 e. The van der Waals surface area contributed by atoms with Crippen LogP contribution < -0.4 is 19.7 Å². The SMILES string of the molecule is CCOc1ccc(OCCNC(=O)C2CCN(c3ccc(-c4ccccc4C)nn3)CC2)cc1. The van der Waals surface area contributed by atoms with E-state index in [-0.39, 0.29) is 11.8 Å². The van der Waals surface area contributed by atoms with Crippen molar-refractivity contribution in [2.75, 3.05) is 37.7 Å². The lowest BCUT2D eigenvalue weighted by Crippen LogP contribution is -2.41. The summed E-state index contributed by atoms with van der Waals surface area (Å²) in [4.78, 5) is 14.8. The monoisotopic (exact) mass is 460 g/mol. The molecule has 7 nitrogen and oxygen atoms in total. The van der Waals surface area contributed by atoms with Crippen molar-refractivity contribution in [3.8, 4) is 22.8 Å². The van der Waals surface area contributed by atoms with Crippen LogP contribution in [0.25, 0.3) is 11.3 Å². The van der Waals surface area contributed by atoms with E-state index in [4.69, 9.17) is 9.47 Å². The third-order valence-corrected chi connectivity index (χ3v) is 6.07. The molecular weight excluding hydrogens is 428 g/mol. The summed E-state index contributed by atoms with van der Waals surface area (Å²) in [5.74, 6) is 2.56. The summed E-state index contributed by atoms with van der Waals surface area (Å²) in [6.45, 7) is 7.17. The number of anilines is 1. The molecule has 1 saturated heterocycles. The minimum absolute atomic E-state index is 0.0147. The fourth-order valence-electron chi connectivity index (χ4n) is 4.15. The number of hydrogen-bond donors (Lipinski definition) is 1. The van der Waals surface area contributed by atoms with Gasteiger partial charge in [-0.15, -0.1) is 10.2 Å². The number of benzene rings is 2. The van der Waals surface area contributed by atoms with Gasteiger partial charge in [0.1, 0.15) is 18.1 Å². The summed E-state index contributed by atoms with van der Waals surface area (Å²) in [6.07, 6.45) is 1.60. The van der Waals surface area contributed by atoms with E-state index in [0.29, 0.717) is 19.8 Å². The van der Waals surface area contributed by atoms with Crippen molar-refractivity contribution in [1.82, 2.24) is 15.5 Å². The van der Waals surface area contributed by atoms with Crippen LogP contribution in [0.5, 0.6) is 11.5 Å². The van der Waals surface area contributed by atoms with Crippen molar-refractivity contribution >= 4 is 11.7 Å². The Hall–Kier alpha value is -3.61. The van der Waals surface area contributed by atoms with Gasteiger partial charge in [-0.25, -0.2) is 0 Å². The predicted molar refractivity (Wildman–Crippen MR) is 133 cm³/mol. The molecule has 0 spiro atoms. The smallest absolute Gasteiger partial charge is 0.223 e. The van der Waals surface area contributed by atoms with Crippen LogP contribution in [0.1, 0.15) is 25.3 Å². The maximum Gasteiger partial charge on any atom is 0.223 e. The number of aromatic nitrogens is 2. The molecule has 1 N–H and O–H groups in total. The lowest BCUT2D eigenvalue weighted by atomic mass is 9.96. The fourth-order valence-corrected chi connectivity index (χ4v) is 4.15. The first-order chi connectivity index (χ1) is 16.6. The van der Waals surface area contributed by atoms with Gasteiger partial charge < -0.3 is 19.7 Å². The minimum atomic E-state index is 0.0147. The summed E-state index contributed by atoms with van der Waals surface area (Å²) in [7, 11) is 0. The van der Waals surface area contributed by atoms with E-state index in [2.05, 4.69) is 39.5 Å². The Balaban J connectivity index is 1.19. The van der Waals surface area contributed by atoms with Crippen LogP contribution in [0, 0.1) is 12.8 Å². The average Bonchev–Trinajstić information content (AvgIpc) is 2.88. The maximum absolute atomic E-state index is 12.6. The van der Waals surface area contributed by atoms with Crippen molar-refractivity contribution < 1.29 is 14.3 Å². The highest BCUT2D eigenvalue weighted by molar-refractivity contribution is 5.79. The van der Waals surface area contributed by atoms with Crippen molar-refractivity contribution in [3.63, 3.8) is 0 Å². The second kappa shape index (κ2) is 11.5. The molecule has 178 valence electrons. The van der Waals surface area contributed by atoms with E-state index in [1.54, 1.807) is 0 Å². The van der Waals surface area contributed by atoms with Crippen LogP contribution in [0.15, 0.2) is 60.7 Å². The van der Waals surface area contributed by atoms with Crippen molar-refractivity contribution in [2.24, 2.45) is 5.92 Å². The van der Waals surface area contributed by atoms with E-state index in [9.17, 15) is 4.79 Å². The number of carbonyl (C=O) groups excluding carboxylic acids is 1. The van der Waals surface area contributed by atoms with Gasteiger partial charge in [-0.3, -0.25) is 4.79 Å². The molecule has 0 bridgehead atoms. The normalized spacial score (nSPS) is 14.0. The molecule has 2 aromatic carbocycles. The molecule has 0 atom stereocenters. The first-order valence-electron chi connectivity index (χ1n) is 11.9. The second-order valence-electron chi connectivity index (χ2n) is 8.40. The van der Waals surface area contributed by atoms with Gasteiger partial charge in [-0.2, -0.15) is 0 Å². The van der Waals surface area contributed by atoms with Gasteiger partial charge in [0.25, 0.3) is 0 Å². The van der Waals surface area contributed by atoms with Crippen molar-refractivity contribution in [2.45, 2.75) is 26.7 Å². The average molecular weight is 461 g/mol. The lowest BCUT2D eigenvalue weighted by Gasteiger charge is -2.31. The fraction of sp³-hybridized carbons (Fsp3) is 0.370. The Morgan fingerprint density at radius 2 is 1.68 bits per heavy atom. The number of nitrogens with zero attached hydrogens (tertiary/aromatic N) is 3. The lowest BCUT2D eigenvalue weighted by molar-refractivity contribution is -0.125. The van der Waals surface area contributed by atoms with Crippen LogP contribution in [-0.2, 0) is 4.79 Å². The van der Waals surface area contributed by atoms with Gasteiger partial charge in [-0.05, 0) is 68.7 Å². The molecule has 1 aliphatic heterocycles. The number of hydrogen-bond acceptors (Lipinski definition) is 6. The molecule has 1 fully saturated rings. The highest BCUT2D eigenvalue weighted by Crippen LogP contribution is 2.25. The van der Waals surface area contributed by atoms with Crippen LogP contribution in [0.3, 0.4) is 0 Å². The molecule has 1 amide bonds. The molecule has 0 saturated carbocycles. The number of rotatable bonds is 9. The molecule has 3 aromatic rings. The van der Waals surface area contributed by atoms with E-state index >= 15 is 0 Å². The van der Waals surface area contributed by atoms with Crippen LogP contribution in [0.2, 0.25) is 0 Å². The third kappa shape index (κ3) is 6.04. The van der Waals surface area contributed by atoms with E-state index in [0.717, 1.165) is 54.5 Å². The van der Waals surface area contributed by atoms with Gasteiger partial charge in [-0.1, -0.05) is 24.3 Å². The zero-order valence-electron chi connectivity index (χ0n) is 19.9. The van der Waals surface area contributed by atoms with Gasteiger partial charge in [0.15, 0.2) is 5.82 Å². The number of carbonyl (C=O) groups is 1. The van der Waals surface area contributed by atoms with Crippen molar-refractivity contribution in [3.05, 3.63) is 66.2 Å². The summed E-state index contributed by atoms with van der Waals surface area (Å²) in [5, 5.41) is 11.9. The number of aryl methyl sites for hydroxylation is 1. The molecular formula is C27H32N4O3. The van der Waals surface area contributed by atoms with E-state index < -0.39 is 0 Å². The topological polar surface area (TPSA) is 76.6 Å². The number of nitrogens with one attached hydrogen (secondary N) is 1. The molecule has 34 heavy (non-hydrogen) atoms. The Kier molecular flexibility index (Phi) is 7.96. The summed E-state index contributed by atoms with van der Waals surface area (Å²) in [5.41, 5.74) is 3.16. The highest BCUT2D eigenvalue weighted by Gasteiger charge is 2.25. The van der Waals surface area contributed by atoms with E-state index in [1.165, 1.54) is 5.56 Å². The first kappa shape index (κ1) is 23.5. The Bertz CT molecular complexity index is 1060. The van der Waals surface area contributed by atoms with Gasteiger partial charge in [0.05, 0.1) is 18.8 Å². The summed E-state index contributed by atoms with van der Waals surface area (Å²) in [6, 6.07) is 19.7. The van der Waals surface area contributed by atoms with Gasteiger partial charge >= 0.3 is 0 Å². The third-order valence-electron chi connectivity index (χ3n) is 6.07. The van der Waals surface area contributed by atoms with E-state index in [1.807, 2.05) is 55.5 Å². The standard InChI is InChI=1S/C27H32N4O3/c1-3-33-22-8-10-23(11-9-22)34-19-16-28-27(32)21-14-17-31(18-15-21)26-13-12-25(29-30-26)24-7-5-4-6-20(24)2/h4-13,21H,3,14-19H2,1-2H3,(H,28,32). The largest absolute Gasteiger partial charge is 0.494 e. The number of amides is 1. The maximum atomic E-state index is 12.6. The quantitative estimate of drug-likeness (QED) is 0.481. The Morgan fingerprint density at radius 3 is 2.32 bits per heavy atom. The molecule has 0 unspecified atom stereocenters. The highest BCUT2D eigenvalue weighted by atomic mass is 16.5. The number of piperidine rings is 1. The first-order valence-corrected chi connectivity index (χ1v) is 11.9. The summed E-state index contributed by atoms with van der Waals surface area (Å²) >= 11 is 0. The molecule has 2 heterocycles. The zero-order valence-corrected chi connectivity index (χ0v) is 19.9. The molecule has 4 rings (SSSR count). The van der Waals surface area contributed by atoms with Gasteiger partial charge in [0.2, 0.25) is 5.91 Å². The molecule has 1 aromatic heterocycles. The predicted octanol–water partition coefficient (Wildman–Crippen LogP) is 4.26. The van der Waals surface area contributed by atoms with Crippen LogP contribution in [-0.4, -0.2) is 49.0 Å². The Morgan fingerprint density at radius 1 is 0.971 bits per heavy atom. The Labute approximate surface area is 201 Å². The second-order valence-corrected chi connectivity index (χ2v) is 8.40.